The van der Waals surface area contributed by atoms with E-state index >= 15 is 0 Å². The molecule has 3 atom stereocenters. The molecule has 5 rings (SSSR count). The summed E-state index contributed by atoms with van der Waals surface area (Å²) < 4.78 is 5.44. The van der Waals surface area contributed by atoms with Crippen LogP contribution in [0.3, 0.4) is 0 Å². The molecule has 1 unspecified atom stereocenters. The van der Waals surface area contributed by atoms with Gasteiger partial charge in [-0.25, -0.2) is 4.79 Å². The molecule has 3 aliphatic rings. The molecule has 0 radical (unpaired) electrons. The van der Waals surface area contributed by atoms with Gasteiger partial charge in [-0.2, -0.15) is 0 Å². The molecule has 1 spiro atoms. The molecular weight excluding hydrogens is 536 g/mol. The fourth-order valence-corrected chi connectivity index (χ4v) is 7.15. The number of hydrogen-bond donors (Lipinski definition) is 4. The Balaban J connectivity index is 1.40. The summed E-state index contributed by atoms with van der Waals surface area (Å²) >= 11 is 6.22. The minimum absolute atomic E-state index is 0.00921. The number of likely N-dealkylation sites (tertiary alicyclic amines) is 1. The third kappa shape index (κ3) is 5.50. The van der Waals surface area contributed by atoms with Crippen molar-refractivity contribution in [3.8, 4) is 5.75 Å². The van der Waals surface area contributed by atoms with Crippen molar-refractivity contribution in [3.63, 3.8) is 0 Å². The standard InChI is InChI=1S/C29H37ClN4O6/c1-28(2)13-16(24(35)33-28)9-21(27(38)39)32-25(36)22-14-29(7-5-4-6-8-29)15-34(22)26(37)20-12-18-19(31-20)10-17(30)11-23(18)40-3/h10-12,16,21-22,31H,4-9,13-15H2,1-3H3,(H,32,36)(H,33,35)(H,38,39)/t16-,21+,22?/m1/s1. The maximum atomic E-state index is 13.9. The van der Waals surface area contributed by atoms with Crippen LogP contribution < -0.4 is 15.4 Å². The van der Waals surface area contributed by atoms with Crippen molar-refractivity contribution >= 4 is 46.2 Å². The molecule has 3 fully saturated rings. The van der Waals surface area contributed by atoms with Gasteiger partial charge < -0.3 is 30.4 Å². The lowest BCUT2D eigenvalue weighted by Crippen LogP contribution is -2.51. The second-order valence-electron chi connectivity index (χ2n) is 12.4. The average molecular weight is 573 g/mol. The Kier molecular flexibility index (Phi) is 7.50. The maximum Gasteiger partial charge on any atom is 0.326 e. The first-order chi connectivity index (χ1) is 18.9. The van der Waals surface area contributed by atoms with Gasteiger partial charge in [-0.3, -0.25) is 14.4 Å². The number of ether oxygens (including phenoxy) is 1. The molecule has 216 valence electrons. The van der Waals surface area contributed by atoms with E-state index in [1.54, 1.807) is 23.1 Å². The Morgan fingerprint density at radius 3 is 2.52 bits per heavy atom. The molecule has 1 aromatic heterocycles. The lowest BCUT2D eigenvalue weighted by Gasteiger charge is -2.32. The van der Waals surface area contributed by atoms with E-state index in [1.807, 2.05) is 13.8 Å². The number of H-pyrrole nitrogens is 1. The number of carboxylic acids is 1. The van der Waals surface area contributed by atoms with Gasteiger partial charge in [0.25, 0.3) is 5.91 Å². The van der Waals surface area contributed by atoms with Crippen LogP contribution in [-0.4, -0.2) is 70.0 Å². The Bertz CT molecular complexity index is 1350. The highest BCUT2D eigenvalue weighted by atomic mass is 35.5. The third-order valence-electron chi connectivity index (χ3n) is 8.83. The van der Waals surface area contributed by atoms with Gasteiger partial charge in [0.1, 0.15) is 23.5 Å². The van der Waals surface area contributed by atoms with E-state index < -0.39 is 35.4 Å². The average Bonchev–Trinajstić information content (AvgIpc) is 3.56. The number of rotatable bonds is 7. The summed E-state index contributed by atoms with van der Waals surface area (Å²) in [7, 11) is 1.53. The van der Waals surface area contributed by atoms with Crippen molar-refractivity contribution in [3.05, 3.63) is 28.9 Å². The first kappa shape index (κ1) is 28.3. The van der Waals surface area contributed by atoms with E-state index in [0.717, 1.165) is 32.1 Å². The summed E-state index contributed by atoms with van der Waals surface area (Å²) in [6.45, 7) is 4.20. The van der Waals surface area contributed by atoms with Gasteiger partial charge in [-0.1, -0.05) is 30.9 Å². The van der Waals surface area contributed by atoms with Crippen LogP contribution in [0.1, 0.15) is 75.7 Å². The summed E-state index contributed by atoms with van der Waals surface area (Å²) in [5, 5.41) is 16.7. The Hall–Kier alpha value is -3.27. The van der Waals surface area contributed by atoms with E-state index in [-0.39, 0.29) is 23.7 Å². The zero-order valence-corrected chi connectivity index (χ0v) is 23.9. The predicted molar refractivity (Wildman–Crippen MR) is 149 cm³/mol. The van der Waals surface area contributed by atoms with Crippen LogP contribution in [-0.2, 0) is 14.4 Å². The molecule has 10 nitrogen and oxygen atoms in total. The number of aliphatic carboxylic acids is 1. The highest BCUT2D eigenvalue weighted by Gasteiger charge is 2.50. The number of fused-ring (bicyclic) bond motifs is 1. The van der Waals surface area contributed by atoms with Crippen LogP contribution in [0, 0.1) is 11.3 Å². The molecule has 3 heterocycles. The minimum Gasteiger partial charge on any atom is -0.496 e. The fraction of sp³-hybridized carbons (Fsp3) is 0.586. The number of hydrogen-bond acceptors (Lipinski definition) is 5. The van der Waals surface area contributed by atoms with E-state index in [0.29, 0.717) is 46.8 Å². The van der Waals surface area contributed by atoms with E-state index in [2.05, 4.69) is 15.6 Å². The lowest BCUT2D eigenvalue weighted by molar-refractivity contribution is -0.143. The quantitative estimate of drug-likeness (QED) is 0.397. The summed E-state index contributed by atoms with van der Waals surface area (Å²) in [4.78, 5) is 57.0. The Morgan fingerprint density at radius 1 is 1.18 bits per heavy atom. The number of halogens is 1. The number of aromatic nitrogens is 1. The molecule has 2 aliphatic heterocycles. The topological polar surface area (TPSA) is 141 Å². The zero-order chi connectivity index (χ0) is 28.8. The largest absolute Gasteiger partial charge is 0.496 e. The Morgan fingerprint density at radius 2 is 1.90 bits per heavy atom. The normalized spacial score (nSPS) is 24.2. The first-order valence-electron chi connectivity index (χ1n) is 13.9. The Labute approximate surface area is 238 Å². The molecule has 4 N–H and O–H groups in total. The minimum atomic E-state index is -1.24. The summed E-state index contributed by atoms with van der Waals surface area (Å²) in [6, 6.07) is 3.03. The van der Waals surface area contributed by atoms with Crippen LogP contribution in [0.5, 0.6) is 5.75 Å². The third-order valence-corrected chi connectivity index (χ3v) is 9.04. The first-order valence-corrected chi connectivity index (χ1v) is 14.3. The maximum absolute atomic E-state index is 13.9. The molecule has 40 heavy (non-hydrogen) atoms. The molecule has 11 heteroatoms. The summed E-state index contributed by atoms with van der Waals surface area (Å²) in [6.07, 6.45) is 5.96. The monoisotopic (exact) mass is 572 g/mol. The van der Waals surface area contributed by atoms with Gasteiger partial charge in [-0.05, 0) is 69.6 Å². The second-order valence-corrected chi connectivity index (χ2v) is 12.8. The number of carbonyl (C=O) groups excluding carboxylic acids is 3. The van der Waals surface area contributed by atoms with Crippen molar-refractivity contribution in [1.29, 1.82) is 0 Å². The molecule has 0 bridgehead atoms. The highest BCUT2D eigenvalue weighted by Crippen LogP contribution is 2.47. The van der Waals surface area contributed by atoms with E-state index in [9.17, 15) is 24.3 Å². The molecular formula is C29H37ClN4O6. The van der Waals surface area contributed by atoms with Gasteiger partial charge >= 0.3 is 5.97 Å². The summed E-state index contributed by atoms with van der Waals surface area (Å²) in [5.41, 5.74) is 0.338. The molecule has 2 aromatic rings. The van der Waals surface area contributed by atoms with Gasteiger partial charge in [0, 0.05) is 28.4 Å². The second kappa shape index (κ2) is 10.6. The van der Waals surface area contributed by atoms with Crippen molar-refractivity contribution in [2.75, 3.05) is 13.7 Å². The number of benzene rings is 1. The van der Waals surface area contributed by atoms with Gasteiger partial charge in [0.2, 0.25) is 11.8 Å². The van der Waals surface area contributed by atoms with Gasteiger partial charge in [-0.15, -0.1) is 0 Å². The smallest absolute Gasteiger partial charge is 0.326 e. The molecule has 1 aromatic carbocycles. The van der Waals surface area contributed by atoms with Crippen LogP contribution >= 0.6 is 11.6 Å². The van der Waals surface area contributed by atoms with E-state index in [4.69, 9.17) is 16.3 Å². The number of carboxylic acid groups (broad SMARTS) is 1. The number of carbonyl (C=O) groups is 4. The molecule has 1 aliphatic carbocycles. The number of nitrogens with one attached hydrogen (secondary N) is 3. The van der Waals surface area contributed by atoms with Crippen LogP contribution in [0.25, 0.3) is 10.9 Å². The number of amides is 3. The highest BCUT2D eigenvalue weighted by molar-refractivity contribution is 6.31. The van der Waals surface area contributed by atoms with Crippen LogP contribution in [0.4, 0.5) is 0 Å². The van der Waals surface area contributed by atoms with Crippen molar-refractivity contribution < 1.29 is 29.0 Å². The number of methoxy groups -OCH3 is 1. The van der Waals surface area contributed by atoms with Crippen molar-refractivity contribution in [1.82, 2.24) is 20.5 Å². The molecule has 1 saturated carbocycles. The number of nitrogens with zero attached hydrogens (tertiary/aromatic N) is 1. The predicted octanol–water partition coefficient (Wildman–Crippen LogP) is 3.87. The van der Waals surface area contributed by atoms with Crippen LogP contribution in [0.2, 0.25) is 5.02 Å². The van der Waals surface area contributed by atoms with E-state index in [1.165, 1.54) is 7.11 Å². The fourth-order valence-electron chi connectivity index (χ4n) is 6.94. The number of aromatic amines is 1. The molecule has 2 saturated heterocycles. The molecule has 3 amide bonds. The van der Waals surface area contributed by atoms with Gasteiger partial charge in [0.15, 0.2) is 0 Å². The van der Waals surface area contributed by atoms with Crippen molar-refractivity contribution in [2.24, 2.45) is 11.3 Å². The summed E-state index contributed by atoms with van der Waals surface area (Å²) in [5.74, 6) is -2.23. The van der Waals surface area contributed by atoms with Gasteiger partial charge in [0.05, 0.1) is 12.6 Å². The zero-order valence-electron chi connectivity index (χ0n) is 23.1. The van der Waals surface area contributed by atoms with Crippen LogP contribution in [0.15, 0.2) is 18.2 Å². The van der Waals surface area contributed by atoms with Crippen molar-refractivity contribution in [2.45, 2.75) is 82.8 Å². The lowest BCUT2D eigenvalue weighted by atomic mass is 9.72. The SMILES string of the molecule is COc1cc(Cl)cc2[nH]c(C(=O)N3CC4(CCCCC4)CC3C(=O)N[C@@H](C[C@@H]3CC(C)(C)NC3=O)C(=O)O)cc12.